The average Bonchev–Trinajstić information content (AvgIpc) is 2.71. The maximum absolute atomic E-state index is 11.9. The molecule has 0 aliphatic heterocycles. The fourth-order valence-corrected chi connectivity index (χ4v) is 2.76. The number of hydrogen-bond acceptors (Lipinski definition) is 5. The molecule has 5 heteroatoms. The Morgan fingerprint density at radius 2 is 2.00 bits per heavy atom. The Labute approximate surface area is 162 Å². The first-order valence-corrected chi connectivity index (χ1v) is 9.51. The number of carbonyl (C=O) groups is 1. The van der Waals surface area contributed by atoms with E-state index in [1.807, 2.05) is 42.5 Å². The maximum Gasteiger partial charge on any atom is 0.313 e. The van der Waals surface area contributed by atoms with Crippen molar-refractivity contribution < 1.29 is 23.7 Å². The summed E-state index contributed by atoms with van der Waals surface area (Å²) < 4.78 is 22.1. The predicted molar refractivity (Wildman–Crippen MR) is 105 cm³/mol. The van der Waals surface area contributed by atoms with Gasteiger partial charge in [0.05, 0.1) is 19.6 Å². The van der Waals surface area contributed by atoms with Crippen LogP contribution in [0.25, 0.3) is 0 Å². The Morgan fingerprint density at radius 3 is 2.67 bits per heavy atom. The van der Waals surface area contributed by atoms with Crippen LogP contribution in [0.4, 0.5) is 0 Å². The van der Waals surface area contributed by atoms with Gasteiger partial charge in [0.25, 0.3) is 0 Å². The number of hydrogen-bond donors (Lipinski definition) is 0. The molecule has 0 radical (unpaired) electrons. The molecule has 0 N–H and O–H groups in total. The second kappa shape index (κ2) is 10.8. The van der Waals surface area contributed by atoms with Crippen molar-refractivity contribution in [3.8, 4) is 11.5 Å². The van der Waals surface area contributed by atoms with Crippen LogP contribution < -0.4 is 9.47 Å². The van der Waals surface area contributed by atoms with E-state index in [1.54, 1.807) is 14.0 Å². The van der Waals surface area contributed by atoms with Crippen LogP contribution in [0.1, 0.15) is 45.1 Å². The second-order valence-electron chi connectivity index (χ2n) is 6.60. The molecule has 1 aromatic rings. The van der Waals surface area contributed by atoms with Crippen molar-refractivity contribution in [3.05, 3.63) is 48.1 Å². The van der Waals surface area contributed by atoms with Crippen LogP contribution in [0.5, 0.6) is 11.5 Å². The third-order valence-corrected chi connectivity index (χ3v) is 4.63. The first-order valence-electron chi connectivity index (χ1n) is 9.51. The van der Waals surface area contributed by atoms with E-state index >= 15 is 0 Å². The van der Waals surface area contributed by atoms with E-state index in [2.05, 4.69) is 13.8 Å². The van der Waals surface area contributed by atoms with Crippen molar-refractivity contribution in [2.75, 3.05) is 20.3 Å². The van der Waals surface area contributed by atoms with Crippen LogP contribution in [0.2, 0.25) is 0 Å². The van der Waals surface area contributed by atoms with Crippen LogP contribution in [0, 0.1) is 5.92 Å². The number of carbonyl (C=O) groups excluding carboxylic acids is 1. The standard InChI is InChI=1S/C22H30O5/c1-5-16(2)19-11-12-20(21(15-19)24-4)27-17(3)25-13-14-26-22(23)18-9-7-6-8-10-18/h6-9,11-12,15-18H,5,10,13-14H2,1-4H3. The van der Waals surface area contributed by atoms with Crippen molar-refractivity contribution in [3.63, 3.8) is 0 Å². The Kier molecular flexibility index (Phi) is 8.40. The largest absolute Gasteiger partial charge is 0.493 e. The van der Waals surface area contributed by atoms with Gasteiger partial charge in [-0.2, -0.15) is 0 Å². The van der Waals surface area contributed by atoms with Crippen molar-refractivity contribution in [2.24, 2.45) is 5.92 Å². The molecule has 0 saturated carbocycles. The summed E-state index contributed by atoms with van der Waals surface area (Å²) in [6, 6.07) is 5.96. The number of allylic oxidation sites excluding steroid dienone is 3. The average molecular weight is 374 g/mol. The zero-order chi connectivity index (χ0) is 19.6. The molecule has 0 heterocycles. The van der Waals surface area contributed by atoms with E-state index < -0.39 is 6.29 Å². The molecule has 148 valence electrons. The van der Waals surface area contributed by atoms with E-state index in [-0.39, 0.29) is 25.1 Å². The van der Waals surface area contributed by atoms with E-state index in [1.165, 1.54) is 5.56 Å². The van der Waals surface area contributed by atoms with Crippen LogP contribution in [0.3, 0.4) is 0 Å². The summed E-state index contributed by atoms with van der Waals surface area (Å²) >= 11 is 0. The van der Waals surface area contributed by atoms with Crippen molar-refractivity contribution in [1.82, 2.24) is 0 Å². The SMILES string of the molecule is CCC(C)c1ccc(OC(C)OCCOC(=O)C2C=CC=CC2)c(OC)c1. The van der Waals surface area contributed by atoms with E-state index in [0.717, 1.165) is 6.42 Å². The number of benzene rings is 1. The monoisotopic (exact) mass is 374 g/mol. The fraction of sp³-hybridized carbons (Fsp3) is 0.500. The molecule has 5 nitrogen and oxygen atoms in total. The molecule has 2 rings (SSSR count). The molecule has 27 heavy (non-hydrogen) atoms. The molecule has 3 atom stereocenters. The normalized spacial score (nSPS) is 18.0. The van der Waals surface area contributed by atoms with E-state index in [0.29, 0.717) is 23.8 Å². The molecule has 1 aliphatic rings. The van der Waals surface area contributed by atoms with Gasteiger partial charge in [-0.1, -0.05) is 44.2 Å². The summed E-state index contributed by atoms with van der Waals surface area (Å²) in [5.74, 6) is 1.36. The van der Waals surface area contributed by atoms with E-state index in [4.69, 9.17) is 18.9 Å². The zero-order valence-electron chi connectivity index (χ0n) is 16.6. The summed E-state index contributed by atoms with van der Waals surface area (Å²) in [6.45, 7) is 6.61. The Morgan fingerprint density at radius 1 is 1.19 bits per heavy atom. The van der Waals surface area contributed by atoms with Gasteiger partial charge < -0.3 is 18.9 Å². The molecule has 0 bridgehead atoms. The van der Waals surface area contributed by atoms with Gasteiger partial charge in [0.15, 0.2) is 17.8 Å². The summed E-state index contributed by atoms with van der Waals surface area (Å²) in [7, 11) is 1.63. The smallest absolute Gasteiger partial charge is 0.313 e. The number of rotatable bonds is 10. The highest BCUT2D eigenvalue weighted by atomic mass is 16.7. The van der Waals surface area contributed by atoms with Crippen molar-refractivity contribution in [1.29, 1.82) is 0 Å². The van der Waals surface area contributed by atoms with Gasteiger partial charge in [-0.3, -0.25) is 4.79 Å². The van der Waals surface area contributed by atoms with Gasteiger partial charge in [-0.25, -0.2) is 0 Å². The molecule has 0 saturated heterocycles. The highest BCUT2D eigenvalue weighted by Gasteiger charge is 2.17. The Hall–Kier alpha value is -2.27. The molecular formula is C22H30O5. The van der Waals surface area contributed by atoms with Crippen LogP contribution in [-0.4, -0.2) is 32.6 Å². The highest BCUT2D eigenvalue weighted by molar-refractivity contribution is 5.75. The lowest BCUT2D eigenvalue weighted by atomic mass is 9.98. The molecule has 0 aromatic heterocycles. The minimum absolute atomic E-state index is 0.197. The summed E-state index contributed by atoms with van der Waals surface area (Å²) in [6.07, 6.45) is 8.86. The minimum Gasteiger partial charge on any atom is -0.493 e. The number of ether oxygens (including phenoxy) is 4. The first-order chi connectivity index (χ1) is 13.0. The predicted octanol–water partition coefficient (Wildman–Crippen LogP) is 4.63. The van der Waals surface area contributed by atoms with Gasteiger partial charge in [0.2, 0.25) is 0 Å². The Bertz CT molecular complexity index is 665. The maximum atomic E-state index is 11.9. The lowest BCUT2D eigenvalue weighted by Crippen LogP contribution is -2.22. The summed E-state index contributed by atoms with van der Waals surface area (Å²) in [4.78, 5) is 11.9. The van der Waals surface area contributed by atoms with Gasteiger partial charge >= 0.3 is 5.97 Å². The van der Waals surface area contributed by atoms with Gasteiger partial charge in [0, 0.05) is 0 Å². The molecule has 1 aromatic carbocycles. The molecule has 0 amide bonds. The van der Waals surface area contributed by atoms with Crippen molar-refractivity contribution in [2.45, 2.75) is 45.8 Å². The fourth-order valence-electron chi connectivity index (χ4n) is 2.76. The summed E-state index contributed by atoms with van der Waals surface area (Å²) in [5.41, 5.74) is 1.22. The summed E-state index contributed by atoms with van der Waals surface area (Å²) in [5, 5.41) is 0. The topological polar surface area (TPSA) is 54.0 Å². The minimum atomic E-state index is -0.482. The molecule has 0 fully saturated rings. The number of methoxy groups -OCH3 is 1. The second-order valence-corrected chi connectivity index (χ2v) is 6.60. The van der Waals surface area contributed by atoms with E-state index in [9.17, 15) is 4.79 Å². The van der Waals surface area contributed by atoms with Gasteiger partial charge in [-0.15, -0.1) is 0 Å². The van der Waals surface area contributed by atoms with Gasteiger partial charge in [-0.05, 0) is 43.4 Å². The number of esters is 1. The quantitative estimate of drug-likeness (QED) is 0.340. The zero-order valence-corrected chi connectivity index (χ0v) is 16.6. The van der Waals surface area contributed by atoms with Crippen molar-refractivity contribution >= 4 is 5.97 Å². The Balaban J connectivity index is 1.76. The molecule has 3 unspecified atom stereocenters. The van der Waals surface area contributed by atoms with Crippen LogP contribution in [-0.2, 0) is 14.3 Å². The highest BCUT2D eigenvalue weighted by Crippen LogP contribution is 2.32. The third kappa shape index (κ3) is 6.43. The van der Waals surface area contributed by atoms with Crippen LogP contribution in [0.15, 0.2) is 42.5 Å². The third-order valence-electron chi connectivity index (χ3n) is 4.63. The molecule has 1 aliphatic carbocycles. The molecule has 0 spiro atoms. The van der Waals surface area contributed by atoms with Gasteiger partial charge in [0.1, 0.15) is 6.61 Å². The lowest BCUT2D eigenvalue weighted by Gasteiger charge is -2.19. The lowest BCUT2D eigenvalue weighted by molar-refractivity contribution is -0.151. The first kappa shape index (κ1) is 21.0. The van der Waals surface area contributed by atoms with Crippen LogP contribution >= 0.6 is 0 Å². The molecular weight excluding hydrogens is 344 g/mol.